The maximum absolute atomic E-state index is 12.7. The van der Waals surface area contributed by atoms with Crippen LogP contribution in [-0.2, 0) is 9.59 Å². The summed E-state index contributed by atoms with van der Waals surface area (Å²) in [5.74, 6) is 0.406. The SMILES string of the molecule is COc1ccccc1NC(=O)C(C)N1C(=O)COc2ccc(Cl)cc21. The van der Waals surface area contributed by atoms with E-state index in [0.717, 1.165) is 0 Å². The lowest BCUT2D eigenvalue weighted by Crippen LogP contribution is -2.49. The molecule has 2 aromatic rings. The Morgan fingerprint density at radius 1 is 1.32 bits per heavy atom. The summed E-state index contributed by atoms with van der Waals surface area (Å²) in [4.78, 5) is 26.4. The molecule has 0 bridgehead atoms. The van der Waals surface area contributed by atoms with E-state index in [1.807, 2.05) is 6.07 Å². The second kappa shape index (κ2) is 7.03. The minimum Gasteiger partial charge on any atom is -0.495 e. The van der Waals surface area contributed by atoms with Crippen molar-refractivity contribution in [3.8, 4) is 11.5 Å². The van der Waals surface area contributed by atoms with Crippen molar-refractivity contribution in [3.05, 3.63) is 47.5 Å². The number of nitrogens with zero attached hydrogens (tertiary/aromatic N) is 1. The number of hydrogen-bond donors (Lipinski definition) is 1. The number of anilines is 2. The van der Waals surface area contributed by atoms with Gasteiger partial charge in [0.25, 0.3) is 5.91 Å². The lowest BCUT2D eigenvalue weighted by molar-refractivity contribution is -0.125. The predicted molar refractivity (Wildman–Crippen MR) is 95.5 cm³/mol. The van der Waals surface area contributed by atoms with Crippen LogP contribution in [0.25, 0.3) is 0 Å². The molecule has 6 nitrogen and oxygen atoms in total. The number of carbonyl (C=O) groups is 2. The Bertz CT molecular complexity index is 824. The van der Waals surface area contributed by atoms with Crippen LogP contribution in [-0.4, -0.2) is 31.6 Å². The Labute approximate surface area is 150 Å². The van der Waals surface area contributed by atoms with Crippen molar-refractivity contribution in [3.63, 3.8) is 0 Å². The number of benzene rings is 2. The van der Waals surface area contributed by atoms with Gasteiger partial charge in [-0.1, -0.05) is 23.7 Å². The fraction of sp³-hybridized carbons (Fsp3) is 0.222. The normalized spacial score (nSPS) is 14.4. The molecule has 2 aromatic carbocycles. The van der Waals surface area contributed by atoms with Crippen LogP contribution in [0, 0.1) is 0 Å². The number of hydrogen-bond acceptors (Lipinski definition) is 4. The van der Waals surface area contributed by atoms with Gasteiger partial charge < -0.3 is 14.8 Å². The van der Waals surface area contributed by atoms with Crippen LogP contribution in [0.4, 0.5) is 11.4 Å². The second-order valence-corrected chi connectivity index (χ2v) is 5.97. The average molecular weight is 361 g/mol. The minimum atomic E-state index is -0.751. The van der Waals surface area contributed by atoms with Gasteiger partial charge in [0.05, 0.1) is 18.5 Å². The molecule has 25 heavy (non-hydrogen) atoms. The van der Waals surface area contributed by atoms with Crippen molar-refractivity contribution in [2.24, 2.45) is 0 Å². The first-order chi connectivity index (χ1) is 12.0. The molecule has 1 N–H and O–H groups in total. The van der Waals surface area contributed by atoms with E-state index in [1.165, 1.54) is 12.0 Å². The van der Waals surface area contributed by atoms with E-state index in [1.54, 1.807) is 43.3 Å². The summed E-state index contributed by atoms with van der Waals surface area (Å²) in [7, 11) is 1.53. The van der Waals surface area contributed by atoms with E-state index < -0.39 is 6.04 Å². The van der Waals surface area contributed by atoms with Crippen molar-refractivity contribution in [2.45, 2.75) is 13.0 Å². The highest BCUT2D eigenvalue weighted by Crippen LogP contribution is 2.36. The molecule has 7 heteroatoms. The molecule has 1 heterocycles. The van der Waals surface area contributed by atoms with Crippen LogP contribution in [0.3, 0.4) is 0 Å². The highest BCUT2D eigenvalue weighted by molar-refractivity contribution is 6.31. The lowest BCUT2D eigenvalue weighted by atomic mass is 10.1. The second-order valence-electron chi connectivity index (χ2n) is 5.53. The monoisotopic (exact) mass is 360 g/mol. The number of halogens is 1. The quantitative estimate of drug-likeness (QED) is 0.909. The summed E-state index contributed by atoms with van der Waals surface area (Å²) in [5.41, 5.74) is 1.01. The molecule has 3 rings (SSSR count). The zero-order chi connectivity index (χ0) is 18.0. The van der Waals surface area contributed by atoms with Crippen LogP contribution in [0.2, 0.25) is 5.02 Å². The summed E-state index contributed by atoms with van der Waals surface area (Å²) in [6.45, 7) is 1.53. The standard InChI is InChI=1S/C18H17ClN2O4/c1-11(18(23)20-13-5-3-4-6-15(13)24-2)21-14-9-12(19)7-8-16(14)25-10-17(21)22/h3-9,11H,10H2,1-2H3,(H,20,23). The van der Waals surface area contributed by atoms with E-state index in [9.17, 15) is 9.59 Å². The Morgan fingerprint density at radius 3 is 2.84 bits per heavy atom. The van der Waals surface area contributed by atoms with Crippen LogP contribution < -0.4 is 19.7 Å². The topological polar surface area (TPSA) is 67.9 Å². The van der Waals surface area contributed by atoms with Gasteiger partial charge in [-0.2, -0.15) is 0 Å². The number of fused-ring (bicyclic) bond motifs is 1. The Kier molecular flexibility index (Phi) is 4.81. The molecule has 1 aliphatic rings. The fourth-order valence-corrected chi connectivity index (χ4v) is 2.84. The first-order valence-corrected chi connectivity index (χ1v) is 8.07. The molecule has 1 unspecified atom stereocenters. The van der Waals surface area contributed by atoms with Crippen molar-refractivity contribution >= 4 is 34.8 Å². The first-order valence-electron chi connectivity index (χ1n) is 7.69. The molecule has 1 atom stereocenters. The Balaban J connectivity index is 1.87. The molecular weight excluding hydrogens is 344 g/mol. The van der Waals surface area contributed by atoms with Crippen LogP contribution >= 0.6 is 11.6 Å². The van der Waals surface area contributed by atoms with Gasteiger partial charge >= 0.3 is 0 Å². The zero-order valence-corrected chi connectivity index (χ0v) is 14.5. The van der Waals surface area contributed by atoms with E-state index >= 15 is 0 Å². The summed E-state index contributed by atoms with van der Waals surface area (Å²) in [5, 5.41) is 3.25. The number of nitrogens with one attached hydrogen (secondary N) is 1. The molecule has 2 amide bonds. The summed E-state index contributed by atoms with van der Waals surface area (Å²) >= 11 is 6.03. The van der Waals surface area contributed by atoms with Gasteiger partial charge in [-0.05, 0) is 37.3 Å². The highest BCUT2D eigenvalue weighted by Gasteiger charge is 2.33. The van der Waals surface area contributed by atoms with Crippen LogP contribution in [0.1, 0.15) is 6.92 Å². The first kappa shape index (κ1) is 17.1. The van der Waals surface area contributed by atoms with Crippen molar-refractivity contribution in [2.75, 3.05) is 23.9 Å². The number of amides is 2. The smallest absolute Gasteiger partial charge is 0.265 e. The maximum Gasteiger partial charge on any atom is 0.265 e. The summed E-state index contributed by atoms with van der Waals surface area (Å²) < 4.78 is 10.6. The molecule has 0 aliphatic carbocycles. The molecule has 0 spiro atoms. The van der Waals surface area contributed by atoms with Gasteiger partial charge in [0.1, 0.15) is 17.5 Å². The Morgan fingerprint density at radius 2 is 2.08 bits per heavy atom. The molecule has 0 radical (unpaired) electrons. The molecule has 0 fully saturated rings. The number of para-hydroxylation sites is 2. The predicted octanol–water partition coefficient (Wildman–Crippen LogP) is 3.10. The molecule has 1 aliphatic heterocycles. The largest absolute Gasteiger partial charge is 0.495 e. The molecule has 0 aromatic heterocycles. The third kappa shape index (κ3) is 3.39. The Hall–Kier alpha value is -2.73. The van der Waals surface area contributed by atoms with Gasteiger partial charge in [-0.3, -0.25) is 14.5 Å². The maximum atomic E-state index is 12.7. The summed E-state index contributed by atoms with van der Waals surface area (Å²) in [6, 6.07) is 11.3. The summed E-state index contributed by atoms with van der Waals surface area (Å²) in [6.07, 6.45) is 0. The van der Waals surface area contributed by atoms with E-state index in [4.69, 9.17) is 21.1 Å². The van der Waals surface area contributed by atoms with E-state index in [0.29, 0.717) is 27.9 Å². The van der Waals surface area contributed by atoms with E-state index in [2.05, 4.69) is 5.32 Å². The highest BCUT2D eigenvalue weighted by atomic mass is 35.5. The van der Waals surface area contributed by atoms with Crippen molar-refractivity contribution < 1.29 is 19.1 Å². The lowest BCUT2D eigenvalue weighted by Gasteiger charge is -2.33. The van der Waals surface area contributed by atoms with Gasteiger partial charge in [0.2, 0.25) is 5.91 Å². The third-order valence-electron chi connectivity index (χ3n) is 3.93. The molecular formula is C18H17ClN2O4. The molecule has 0 saturated heterocycles. The van der Waals surface area contributed by atoms with Gasteiger partial charge in [0.15, 0.2) is 6.61 Å². The zero-order valence-electron chi connectivity index (χ0n) is 13.8. The number of methoxy groups -OCH3 is 1. The number of rotatable bonds is 4. The average Bonchev–Trinajstić information content (AvgIpc) is 2.61. The molecule has 130 valence electrons. The van der Waals surface area contributed by atoms with E-state index in [-0.39, 0.29) is 18.4 Å². The third-order valence-corrected chi connectivity index (χ3v) is 4.17. The van der Waals surface area contributed by atoms with Gasteiger partial charge in [0, 0.05) is 5.02 Å². The van der Waals surface area contributed by atoms with Crippen LogP contribution in [0.5, 0.6) is 11.5 Å². The van der Waals surface area contributed by atoms with Crippen molar-refractivity contribution in [1.82, 2.24) is 0 Å². The number of ether oxygens (including phenoxy) is 2. The minimum absolute atomic E-state index is 0.124. The number of carbonyl (C=O) groups excluding carboxylic acids is 2. The fourth-order valence-electron chi connectivity index (χ4n) is 2.67. The van der Waals surface area contributed by atoms with Crippen LogP contribution in [0.15, 0.2) is 42.5 Å². The molecule has 0 saturated carbocycles. The van der Waals surface area contributed by atoms with Crippen molar-refractivity contribution in [1.29, 1.82) is 0 Å². The van der Waals surface area contributed by atoms with Gasteiger partial charge in [-0.15, -0.1) is 0 Å². The van der Waals surface area contributed by atoms with Gasteiger partial charge in [-0.25, -0.2) is 0 Å².